The summed E-state index contributed by atoms with van der Waals surface area (Å²) in [4.78, 5) is 0. The molecule has 3 heteroatoms. The summed E-state index contributed by atoms with van der Waals surface area (Å²) >= 11 is 7.83. The van der Waals surface area contributed by atoms with Gasteiger partial charge < -0.3 is 5.32 Å². The molecular weight excluding hydrogens is 226 g/mol. The summed E-state index contributed by atoms with van der Waals surface area (Å²) in [7, 11) is 0. The van der Waals surface area contributed by atoms with Gasteiger partial charge in [0.1, 0.15) is 0 Å². The van der Waals surface area contributed by atoms with Crippen LogP contribution in [0.3, 0.4) is 0 Å². The molecule has 15 heavy (non-hydrogen) atoms. The summed E-state index contributed by atoms with van der Waals surface area (Å²) in [6.45, 7) is 5.31. The van der Waals surface area contributed by atoms with Gasteiger partial charge in [0.15, 0.2) is 0 Å². The lowest BCUT2D eigenvalue weighted by atomic mass is 10.1. The second-order valence-electron chi connectivity index (χ2n) is 3.84. The van der Waals surface area contributed by atoms with Crippen LogP contribution in [0.2, 0.25) is 5.02 Å². The number of hydrogen-bond acceptors (Lipinski definition) is 2. The van der Waals surface area contributed by atoms with E-state index in [0.29, 0.717) is 11.3 Å². The van der Waals surface area contributed by atoms with Gasteiger partial charge in [0.05, 0.1) is 0 Å². The highest BCUT2D eigenvalue weighted by Gasteiger charge is 2.10. The Hall–Kier alpha value is -0.180. The molecule has 0 aliphatic carbocycles. The highest BCUT2D eigenvalue weighted by molar-refractivity contribution is 7.98. The first kappa shape index (κ1) is 12.9. The van der Waals surface area contributed by atoms with Crippen molar-refractivity contribution >= 4 is 23.4 Å². The largest absolute Gasteiger partial charge is 0.313 e. The quantitative estimate of drug-likeness (QED) is 0.846. The minimum atomic E-state index is 0.478. The van der Waals surface area contributed by atoms with Crippen molar-refractivity contribution in [3.63, 3.8) is 0 Å². The lowest BCUT2D eigenvalue weighted by molar-refractivity contribution is 0.586. The molecule has 1 aromatic rings. The van der Waals surface area contributed by atoms with Crippen LogP contribution < -0.4 is 5.32 Å². The minimum Gasteiger partial charge on any atom is -0.313 e. The monoisotopic (exact) mass is 243 g/mol. The molecule has 0 amide bonds. The summed E-state index contributed by atoms with van der Waals surface area (Å²) in [6, 6.07) is 8.63. The Balaban J connectivity index is 2.65. The van der Waals surface area contributed by atoms with E-state index in [-0.39, 0.29) is 0 Å². The number of nitrogens with one attached hydrogen (secondary N) is 1. The summed E-state index contributed by atoms with van der Waals surface area (Å²) in [6.07, 6.45) is 2.13. The molecule has 0 saturated heterocycles. The van der Waals surface area contributed by atoms with Crippen LogP contribution in [0, 0.1) is 0 Å². The standard InChI is InChI=1S/C12H18ClNS/c1-9(2)14-8-12(15-3)10-5-4-6-11(13)7-10/h4-7,9,12,14H,8H2,1-3H3. The summed E-state index contributed by atoms with van der Waals surface area (Å²) < 4.78 is 0. The molecule has 1 unspecified atom stereocenters. The number of benzene rings is 1. The zero-order valence-electron chi connectivity index (χ0n) is 9.46. The van der Waals surface area contributed by atoms with Gasteiger partial charge in [0.2, 0.25) is 0 Å². The average molecular weight is 244 g/mol. The normalized spacial score (nSPS) is 13.1. The average Bonchev–Trinajstić information content (AvgIpc) is 2.18. The molecule has 1 aromatic carbocycles. The van der Waals surface area contributed by atoms with Crippen molar-refractivity contribution in [1.29, 1.82) is 0 Å². The Bertz CT molecular complexity index is 301. The van der Waals surface area contributed by atoms with Crippen LogP contribution in [-0.2, 0) is 0 Å². The molecule has 0 aliphatic heterocycles. The maximum absolute atomic E-state index is 5.98. The molecular formula is C12H18ClNS. The maximum atomic E-state index is 5.98. The van der Waals surface area contributed by atoms with Crippen molar-refractivity contribution in [2.24, 2.45) is 0 Å². The van der Waals surface area contributed by atoms with Crippen molar-refractivity contribution < 1.29 is 0 Å². The molecule has 1 rings (SSSR count). The summed E-state index contributed by atoms with van der Waals surface area (Å²) in [5, 5.41) is 4.74. The number of halogens is 1. The molecule has 84 valence electrons. The van der Waals surface area contributed by atoms with E-state index in [4.69, 9.17) is 11.6 Å². The van der Waals surface area contributed by atoms with Crippen LogP contribution in [-0.4, -0.2) is 18.8 Å². The third-order valence-electron chi connectivity index (χ3n) is 2.22. The topological polar surface area (TPSA) is 12.0 Å². The van der Waals surface area contributed by atoms with E-state index in [0.717, 1.165) is 11.6 Å². The molecule has 1 atom stereocenters. The van der Waals surface area contributed by atoms with Crippen LogP contribution >= 0.6 is 23.4 Å². The fourth-order valence-corrected chi connectivity index (χ4v) is 2.27. The Morgan fingerprint density at radius 2 is 2.13 bits per heavy atom. The number of rotatable bonds is 5. The van der Waals surface area contributed by atoms with Crippen LogP contribution in [0.1, 0.15) is 24.7 Å². The highest BCUT2D eigenvalue weighted by atomic mass is 35.5. The van der Waals surface area contributed by atoms with Crippen LogP contribution in [0.15, 0.2) is 24.3 Å². The predicted octanol–water partition coefficient (Wildman–Crippen LogP) is 3.74. The molecule has 0 heterocycles. The van der Waals surface area contributed by atoms with Gasteiger partial charge in [0, 0.05) is 22.9 Å². The Labute approximate surface area is 102 Å². The summed E-state index contributed by atoms with van der Waals surface area (Å²) in [5.74, 6) is 0. The number of thioether (sulfide) groups is 1. The molecule has 1 nitrogen and oxygen atoms in total. The van der Waals surface area contributed by atoms with E-state index >= 15 is 0 Å². The maximum Gasteiger partial charge on any atom is 0.0419 e. The van der Waals surface area contributed by atoms with E-state index in [1.165, 1.54) is 5.56 Å². The smallest absolute Gasteiger partial charge is 0.0419 e. The zero-order valence-corrected chi connectivity index (χ0v) is 11.0. The van der Waals surface area contributed by atoms with E-state index in [1.54, 1.807) is 0 Å². The molecule has 0 fully saturated rings. The van der Waals surface area contributed by atoms with Gasteiger partial charge in [-0.3, -0.25) is 0 Å². The first-order chi connectivity index (χ1) is 7.13. The molecule has 0 saturated carbocycles. The molecule has 0 aromatic heterocycles. The van der Waals surface area contributed by atoms with Crippen LogP contribution in [0.4, 0.5) is 0 Å². The summed E-state index contributed by atoms with van der Waals surface area (Å²) in [5.41, 5.74) is 1.29. The highest BCUT2D eigenvalue weighted by Crippen LogP contribution is 2.27. The molecule has 0 aliphatic rings. The van der Waals surface area contributed by atoms with E-state index in [9.17, 15) is 0 Å². The first-order valence-corrected chi connectivity index (χ1v) is 6.81. The van der Waals surface area contributed by atoms with Crippen LogP contribution in [0.5, 0.6) is 0 Å². The molecule has 0 spiro atoms. The van der Waals surface area contributed by atoms with Crippen molar-refractivity contribution in [2.45, 2.75) is 25.1 Å². The van der Waals surface area contributed by atoms with E-state index in [1.807, 2.05) is 30.0 Å². The fraction of sp³-hybridized carbons (Fsp3) is 0.500. The van der Waals surface area contributed by atoms with Crippen molar-refractivity contribution in [1.82, 2.24) is 5.32 Å². The van der Waals surface area contributed by atoms with Crippen molar-refractivity contribution in [3.05, 3.63) is 34.9 Å². The van der Waals surface area contributed by atoms with Gasteiger partial charge in [-0.15, -0.1) is 0 Å². The molecule has 0 radical (unpaired) electrons. The van der Waals surface area contributed by atoms with Gasteiger partial charge in [-0.25, -0.2) is 0 Å². The van der Waals surface area contributed by atoms with Crippen LogP contribution in [0.25, 0.3) is 0 Å². The van der Waals surface area contributed by atoms with E-state index < -0.39 is 0 Å². The minimum absolute atomic E-state index is 0.478. The second-order valence-corrected chi connectivity index (χ2v) is 5.32. The fourth-order valence-electron chi connectivity index (χ4n) is 1.39. The lowest BCUT2D eigenvalue weighted by Crippen LogP contribution is -2.26. The SMILES string of the molecule is CSC(CNC(C)C)c1cccc(Cl)c1. The predicted molar refractivity (Wildman–Crippen MR) is 70.8 cm³/mol. The third kappa shape index (κ3) is 4.45. The van der Waals surface area contributed by atoms with Crippen molar-refractivity contribution in [2.75, 3.05) is 12.8 Å². The van der Waals surface area contributed by atoms with Gasteiger partial charge in [-0.05, 0) is 24.0 Å². The Morgan fingerprint density at radius 1 is 1.40 bits per heavy atom. The van der Waals surface area contributed by atoms with Crippen molar-refractivity contribution in [3.8, 4) is 0 Å². The Morgan fingerprint density at radius 3 is 2.67 bits per heavy atom. The van der Waals surface area contributed by atoms with Gasteiger partial charge in [-0.1, -0.05) is 37.6 Å². The van der Waals surface area contributed by atoms with Gasteiger partial charge in [0.25, 0.3) is 0 Å². The third-order valence-corrected chi connectivity index (χ3v) is 3.46. The van der Waals surface area contributed by atoms with E-state index in [2.05, 4.69) is 31.5 Å². The van der Waals surface area contributed by atoms with Gasteiger partial charge in [-0.2, -0.15) is 11.8 Å². The molecule has 1 N–H and O–H groups in total. The molecule has 0 bridgehead atoms. The Kier molecular flexibility index (Phi) is 5.51. The zero-order chi connectivity index (χ0) is 11.3. The second kappa shape index (κ2) is 6.41. The lowest BCUT2D eigenvalue weighted by Gasteiger charge is -2.17. The number of hydrogen-bond donors (Lipinski definition) is 1. The van der Waals surface area contributed by atoms with Gasteiger partial charge >= 0.3 is 0 Å². The first-order valence-electron chi connectivity index (χ1n) is 5.15.